The summed E-state index contributed by atoms with van der Waals surface area (Å²) < 4.78 is 10.1. The average molecular weight is 220 g/mol. The van der Waals surface area contributed by atoms with E-state index in [9.17, 15) is 9.59 Å². The van der Waals surface area contributed by atoms with Crippen molar-refractivity contribution in [1.29, 1.82) is 0 Å². The Morgan fingerprint density at radius 3 is 2.88 bits per heavy atom. The van der Waals surface area contributed by atoms with Crippen LogP contribution in [-0.2, 0) is 22.6 Å². The summed E-state index contributed by atoms with van der Waals surface area (Å²) in [6, 6.07) is 3.45. The monoisotopic (exact) mass is 220 g/mol. The van der Waals surface area contributed by atoms with Gasteiger partial charge < -0.3 is 9.47 Å². The van der Waals surface area contributed by atoms with Gasteiger partial charge in [0.2, 0.25) is 0 Å². The standard InChI is InChI=1S/C12H12O4/c1-7(13)3-8-4-10-9(5-11(8)15-2)6-16-12(10)14/h4-5H,3,6H2,1-2H3. The normalized spacial score (nSPS) is 13.2. The third-order valence-electron chi connectivity index (χ3n) is 2.52. The van der Waals surface area contributed by atoms with E-state index in [0.717, 1.165) is 11.1 Å². The van der Waals surface area contributed by atoms with Crippen molar-refractivity contribution < 1.29 is 19.1 Å². The van der Waals surface area contributed by atoms with E-state index in [0.29, 0.717) is 11.3 Å². The Morgan fingerprint density at radius 2 is 2.25 bits per heavy atom. The largest absolute Gasteiger partial charge is 0.496 e. The number of carbonyl (C=O) groups is 2. The van der Waals surface area contributed by atoms with E-state index in [1.165, 1.54) is 6.92 Å². The Morgan fingerprint density at radius 1 is 1.50 bits per heavy atom. The average Bonchev–Trinajstić information content (AvgIpc) is 2.58. The molecule has 0 radical (unpaired) electrons. The minimum atomic E-state index is -0.331. The van der Waals surface area contributed by atoms with Crippen LogP contribution in [0.4, 0.5) is 0 Å². The van der Waals surface area contributed by atoms with Crippen LogP contribution in [0.1, 0.15) is 28.4 Å². The number of Topliss-reactive ketones (excluding diaryl/α,β-unsaturated/α-hetero) is 1. The molecule has 1 aromatic carbocycles. The van der Waals surface area contributed by atoms with Gasteiger partial charge in [-0.25, -0.2) is 4.79 Å². The first-order chi connectivity index (χ1) is 7.61. The quantitative estimate of drug-likeness (QED) is 0.724. The summed E-state index contributed by atoms with van der Waals surface area (Å²) in [6.07, 6.45) is 0.268. The fraction of sp³-hybridized carbons (Fsp3) is 0.333. The molecule has 0 aliphatic carbocycles. The van der Waals surface area contributed by atoms with Crippen LogP contribution in [0.25, 0.3) is 0 Å². The number of esters is 1. The van der Waals surface area contributed by atoms with Gasteiger partial charge in [-0.05, 0) is 19.1 Å². The van der Waals surface area contributed by atoms with E-state index in [1.54, 1.807) is 19.2 Å². The van der Waals surface area contributed by atoms with Gasteiger partial charge in [-0.3, -0.25) is 4.79 Å². The molecule has 16 heavy (non-hydrogen) atoms. The minimum absolute atomic E-state index is 0.0321. The first-order valence-electron chi connectivity index (χ1n) is 4.98. The number of carbonyl (C=O) groups excluding carboxylic acids is 2. The molecular formula is C12H12O4. The minimum Gasteiger partial charge on any atom is -0.496 e. The molecule has 0 amide bonds. The Kier molecular flexibility index (Phi) is 2.64. The lowest BCUT2D eigenvalue weighted by molar-refractivity contribution is -0.116. The zero-order chi connectivity index (χ0) is 11.7. The van der Waals surface area contributed by atoms with Gasteiger partial charge in [-0.15, -0.1) is 0 Å². The van der Waals surface area contributed by atoms with Crippen molar-refractivity contribution in [3.05, 3.63) is 28.8 Å². The smallest absolute Gasteiger partial charge is 0.338 e. The van der Waals surface area contributed by atoms with Crippen molar-refractivity contribution in [3.8, 4) is 5.75 Å². The number of ketones is 1. The predicted molar refractivity (Wildman–Crippen MR) is 56.5 cm³/mol. The molecule has 0 N–H and O–H groups in total. The van der Waals surface area contributed by atoms with Crippen LogP contribution >= 0.6 is 0 Å². The number of ether oxygens (including phenoxy) is 2. The highest BCUT2D eigenvalue weighted by molar-refractivity contribution is 5.94. The van der Waals surface area contributed by atoms with E-state index >= 15 is 0 Å². The van der Waals surface area contributed by atoms with Gasteiger partial charge in [0, 0.05) is 17.5 Å². The van der Waals surface area contributed by atoms with E-state index in [2.05, 4.69) is 0 Å². The second kappa shape index (κ2) is 3.96. The lowest BCUT2D eigenvalue weighted by Gasteiger charge is -2.08. The van der Waals surface area contributed by atoms with Crippen LogP contribution in [0.2, 0.25) is 0 Å². The molecule has 0 atom stereocenters. The van der Waals surface area contributed by atoms with Crippen molar-refractivity contribution in [2.75, 3.05) is 7.11 Å². The number of benzene rings is 1. The summed E-state index contributed by atoms with van der Waals surface area (Å²) in [6.45, 7) is 1.79. The summed E-state index contributed by atoms with van der Waals surface area (Å²) in [5.74, 6) is 0.333. The van der Waals surface area contributed by atoms with Gasteiger partial charge in [-0.1, -0.05) is 0 Å². The molecule has 1 aromatic rings. The molecule has 0 saturated carbocycles. The van der Waals surface area contributed by atoms with Crippen LogP contribution in [0.3, 0.4) is 0 Å². The highest BCUT2D eigenvalue weighted by Crippen LogP contribution is 2.29. The molecule has 0 aromatic heterocycles. The van der Waals surface area contributed by atoms with Crippen molar-refractivity contribution in [2.45, 2.75) is 20.0 Å². The first-order valence-corrected chi connectivity index (χ1v) is 4.98. The zero-order valence-electron chi connectivity index (χ0n) is 9.20. The number of hydrogen-bond donors (Lipinski definition) is 0. The number of fused-ring (bicyclic) bond motifs is 1. The second-order valence-electron chi connectivity index (χ2n) is 3.78. The van der Waals surface area contributed by atoms with Gasteiger partial charge in [-0.2, -0.15) is 0 Å². The maximum atomic E-state index is 11.4. The van der Waals surface area contributed by atoms with Crippen LogP contribution in [0.5, 0.6) is 5.75 Å². The molecule has 1 heterocycles. The zero-order valence-corrected chi connectivity index (χ0v) is 9.20. The van der Waals surface area contributed by atoms with Gasteiger partial charge in [0.25, 0.3) is 0 Å². The van der Waals surface area contributed by atoms with Crippen molar-refractivity contribution in [1.82, 2.24) is 0 Å². The Hall–Kier alpha value is -1.84. The number of methoxy groups -OCH3 is 1. The lowest BCUT2D eigenvalue weighted by atomic mass is 10.0. The fourth-order valence-electron chi connectivity index (χ4n) is 1.79. The van der Waals surface area contributed by atoms with Crippen LogP contribution in [0.15, 0.2) is 12.1 Å². The molecule has 1 aliphatic rings. The fourth-order valence-corrected chi connectivity index (χ4v) is 1.79. The Balaban J connectivity index is 2.47. The second-order valence-corrected chi connectivity index (χ2v) is 3.78. The molecule has 0 bridgehead atoms. The summed E-state index contributed by atoms with van der Waals surface area (Å²) in [4.78, 5) is 22.4. The van der Waals surface area contributed by atoms with Crippen LogP contribution in [0, 0.1) is 0 Å². The number of cyclic esters (lactones) is 1. The third kappa shape index (κ3) is 1.78. The van der Waals surface area contributed by atoms with E-state index in [-0.39, 0.29) is 24.8 Å². The highest BCUT2D eigenvalue weighted by atomic mass is 16.5. The van der Waals surface area contributed by atoms with Gasteiger partial charge in [0.1, 0.15) is 18.1 Å². The molecule has 2 rings (SSSR count). The van der Waals surface area contributed by atoms with E-state index in [4.69, 9.17) is 9.47 Å². The SMILES string of the molecule is COc1cc2c(cc1CC(C)=O)C(=O)OC2. The van der Waals surface area contributed by atoms with E-state index in [1.807, 2.05) is 0 Å². The predicted octanol–water partition coefficient (Wildman–Crippen LogP) is 1.50. The van der Waals surface area contributed by atoms with Gasteiger partial charge in [0.05, 0.1) is 12.7 Å². The summed E-state index contributed by atoms with van der Waals surface area (Å²) >= 11 is 0. The molecule has 0 spiro atoms. The molecule has 4 nitrogen and oxygen atoms in total. The Labute approximate surface area is 93.2 Å². The molecule has 0 saturated heterocycles. The van der Waals surface area contributed by atoms with Gasteiger partial charge >= 0.3 is 5.97 Å². The molecule has 1 aliphatic heterocycles. The number of rotatable bonds is 3. The maximum Gasteiger partial charge on any atom is 0.338 e. The summed E-state index contributed by atoms with van der Waals surface area (Å²) in [5.41, 5.74) is 2.08. The first kappa shape index (κ1) is 10.7. The van der Waals surface area contributed by atoms with Gasteiger partial charge in [0.15, 0.2) is 0 Å². The van der Waals surface area contributed by atoms with E-state index < -0.39 is 0 Å². The summed E-state index contributed by atoms with van der Waals surface area (Å²) in [7, 11) is 1.54. The van der Waals surface area contributed by atoms with Crippen molar-refractivity contribution >= 4 is 11.8 Å². The maximum absolute atomic E-state index is 11.4. The van der Waals surface area contributed by atoms with Crippen molar-refractivity contribution in [3.63, 3.8) is 0 Å². The molecule has 0 fully saturated rings. The molecule has 84 valence electrons. The molecule has 4 heteroatoms. The Bertz CT molecular complexity index is 462. The highest BCUT2D eigenvalue weighted by Gasteiger charge is 2.23. The topological polar surface area (TPSA) is 52.6 Å². The van der Waals surface area contributed by atoms with Crippen LogP contribution < -0.4 is 4.74 Å². The third-order valence-corrected chi connectivity index (χ3v) is 2.52. The van der Waals surface area contributed by atoms with Crippen LogP contribution in [-0.4, -0.2) is 18.9 Å². The lowest BCUT2D eigenvalue weighted by Crippen LogP contribution is -2.02. The van der Waals surface area contributed by atoms with Crippen molar-refractivity contribution in [2.24, 2.45) is 0 Å². The number of hydrogen-bond acceptors (Lipinski definition) is 4. The molecule has 0 unspecified atom stereocenters. The summed E-state index contributed by atoms with van der Waals surface area (Å²) in [5, 5.41) is 0. The molecular weight excluding hydrogens is 208 g/mol.